The van der Waals surface area contributed by atoms with Crippen LogP contribution in [0.1, 0.15) is 367 Å². The number of aliphatic hydroxyl groups is 2. The molecule has 0 saturated carbocycles. The minimum Gasteiger partial charge on any atom is -0.466 e. The predicted octanol–water partition coefficient (Wildman–Crippen LogP) is 19.9. The number of amides is 1. The van der Waals surface area contributed by atoms with E-state index in [1.165, 1.54) is 295 Å². The average Bonchev–Trinajstić information content (AvgIpc) is 3.35. The minimum absolute atomic E-state index is 0.0197. The predicted molar refractivity (Wildman–Crippen MR) is 301 cm³/mol. The molecule has 6 nitrogen and oxygen atoms in total. The Morgan fingerprint density at radius 2 is 0.594 bits per heavy atom. The van der Waals surface area contributed by atoms with Crippen LogP contribution in [0.5, 0.6) is 0 Å². The highest BCUT2D eigenvalue weighted by Gasteiger charge is 2.20. The molecular weight excluding hydrogens is 851 g/mol. The lowest BCUT2D eigenvalue weighted by molar-refractivity contribution is -0.143. The molecule has 0 heterocycles. The minimum atomic E-state index is -0.661. The van der Waals surface area contributed by atoms with E-state index in [-0.39, 0.29) is 18.5 Å². The van der Waals surface area contributed by atoms with Gasteiger partial charge in [0.25, 0.3) is 0 Å². The van der Waals surface area contributed by atoms with Gasteiger partial charge in [0.2, 0.25) is 5.91 Å². The van der Waals surface area contributed by atoms with E-state index < -0.39 is 12.1 Å². The number of nitrogens with one attached hydrogen (secondary N) is 1. The van der Waals surface area contributed by atoms with Gasteiger partial charge in [0.1, 0.15) is 0 Å². The van der Waals surface area contributed by atoms with E-state index in [9.17, 15) is 19.8 Å². The number of carbonyl (C=O) groups is 2. The zero-order valence-electron chi connectivity index (χ0n) is 47.1. The van der Waals surface area contributed by atoms with Gasteiger partial charge < -0.3 is 20.3 Å². The number of carbonyl (C=O) groups excluding carboxylic acids is 2. The number of hydrogen-bond donors (Lipinski definition) is 3. The highest BCUT2D eigenvalue weighted by molar-refractivity contribution is 5.76. The molecule has 0 aromatic carbocycles. The van der Waals surface area contributed by atoms with Crippen molar-refractivity contribution in [3.8, 4) is 0 Å². The first-order valence-corrected chi connectivity index (χ1v) is 31.8. The number of hydrogen-bond acceptors (Lipinski definition) is 5. The normalized spacial score (nSPS) is 12.5. The summed E-state index contributed by atoms with van der Waals surface area (Å²) >= 11 is 0. The van der Waals surface area contributed by atoms with E-state index in [0.717, 1.165) is 38.5 Å². The molecule has 0 aromatic rings. The Morgan fingerprint density at radius 1 is 0.348 bits per heavy atom. The van der Waals surface area contributed by atoms with Crippen molar-refractivity contribution in [3.63, 3.8) is 0 Å². The highest BCUT2D eigenvalue weighted by Crippen LogP contribution is 2.19. The molecule has 0 aliphatic rings. The van der Waals surface area contributed by atoms with Gasteiger partial charge in [0, 0.05) is 12.8 Å². The second-order valence-corrected chi connectivity index (χ2v) is 22.1. The summed E-state index contributed by atoms with van der Waals surface area (Å²) < 4.78 is 5.50. The highest BCUT2D eigenvalue weighted by atomic mass is 16.5. The standard InChI is InChI=1S/C63H125NO5/c1-3-5-7-9-11-13-15-16-17-18-27-30-33-37-41-45-49-53-57-63(68)69-58-54-50-46-42-38-34-31-28-25-23-21-19-20-22-24-26-29-32-36-40-44-48-52-56-62(67)64-60(59-65)61(66)55-51-47-43-39-35-14-12-10-8-6-4-2/h60-61,65-66H,3-59H2,1-2H3,(H,64,67). The summed E-state index contributed by atoms with van der Waals surface area (Å²) in [6.07, 6.45) is 69.8. The Kier molecular flexibility index (Phi) is 58.4. The van der Waals surface area contributed by atoms with E-state index in [2.05, 4.69) is 19.2 Å². The molecule has 2 atom stereocenters. The lowest BCUT2D eigenvalue weighted by Crippen LogP contribution is -2.45. The third kappa shape index (κ3) is 56.0. The first-order chi connectivity index (χ1) is 34.0. The Bertz CT molecular complexity index is 990. The molecule has 0 radical (unpaired) electrons. The van der Waals surface area contributed by atoms with Gasteiger partial charge in [0.05, 0.1) is 25.4 Å². The molecule has 0 aliphatic carbocycles. The lowest BCUT2D eigenvalue weighted by atomic mass is 10.0. The Morgan fingerprint density at radius 3 is 0.884 bits per heavy atom. The van der Waals surface area contributed by atoms with Crippen molar-refractivity contribution < 1.29 is 24.5 Å². The first kappa shape index (κ1) is 67.9. The Labute approximate surface area is 432 Å². The van der Waals surface area contributed by atoms with Gasteiger partial charge in [-0.05, 0) is 25.7 Å². The van der Waals surface area contributed by atoms with Gasteiger partial charge in [-0.1, -0.05) is 328 Å². The van der Waals surface area contributed by atoms with Gasteiger partial charge in [0.15, 0.2) is 0 Å². The van der Waals surface area contributed by atoms with Crippen LogP contribution in [-0.2, 0) is 14.3 Å². The van der Waals surface area contributed by atoms with Crippen molar-refractivity contribution >= 4 is 11.9 Å². The van der Waals surface area contributed by atoms with Crippen molar-refractivity contribution in [2.75, 3.05) is 13.2 Å². The molecule has 0 rings (SSSR count). The van der Waals surface area contributed by atoms with Crippen LogP contribution < -0.4 is 5.32 Å². The van der Waals surface area contributed by atoms with Crippen LogP contribution in [0.3, 0.4) is 0 Å². The summed E-state index contributed by atoms with van der Waals surface area (Å²) in [4.78, 5) is 24.5. The molecule has 6 heteroatoms. The molecule has 0 aromatic heterocycles. The fourth-order valence-corrected chi connectivity index (χ4v) is 10.3. The third-order valence-electron chi connectivity index (χ3n) is 15.2. The van der Waals surface area contributed by atoms with E-state index in [0.29, 0.717) is 25.9 Å². The van der Waals surface area contributed by atoms with Crippen LogP contribution in [0.25, 0.3) is 0 Å². The molecule has 0 spiro atoms. The molecule has 0 fully saturated rings. The monoisotopic (exact) mass is 976 g/mol. The number of aliphatic hydroxyl groups excluding tert-OH is 2. The van der Waals surface area contributed by atoms with Crippen LogP contribution >= 0.6 is 0 Å². The lowest BCUT2D eigenvalue weighted by Gasteiger charge is -2.22. The summed E-state index contributed by atoms with van der Waals surface area (Å²) in [6, 6.07) is -0.538. The second-order valence-electron chi connectivity index (χ2n) is 22.1. The van der Waals surface area contributed by atoms with Gasteiger partial charge in [-0.2, -0.15) is 0 Å². The van der Waals surface area contributed by atoms with Gasteiger partial charge in [-0.15, -0.1) is 0 Å². The van der Waals surface area contributed by atoms with Crippen molar-refractivity contribution in [3.05, 3.63) is 0 Å². The maximum atomic E-state index is 12.4. The fraction of sp³-hybridized carbons (Fsp3) is 0.968. The Hall–Kier alpha value is -1.14. The zero-order valence-corrected chi connectivity index (χ0v) is 47.1. The van der Waals surface area contributed by atoms with Crippen molar-refractivity contribution in [2.24, 2.45) is 0 Å². The molecular formula is C63H125NO5. The molecule has 412 valence electrons. The van der Waals surface area contributed by atoms with E-state index in [1.54, 1.807) is 0 Å². The van der Waals surface area contributed by atoms with Crippen LogP contribution in [0.4, 0.5) is 0 Å². The number of ether oxygens (including phenoxy) is 1. The van der Waals surface area contributed by atoms with E-state index in [4.69, 9.17) is 4.74 Å². The van der Waals surface area contributed by atoms with Crippen molar-refractivity contribution in [1.29, 1.82) is 0 Å². The molecule has 0 saturated heterocycles. The van der Waals surface area contributed by atoms with Crippen molar-refractivity contribution in [1.82, 2.24) is 5.32 Å². The van der Waals surface area contributed by atoms with Gasteiger partial charge in [-0.3, -0.25) is 9.59 Å². The summed E-state index contributed by atoms with van der Waals surface area (Å²) in [5.41, 5.74) is 0. The second kappa shape index (κ2) is 59.4. The molecule has 2 unspecified atom stereocenters. The summed E-state index contributed by atoms with van der Waals surface area (Å²) in [5, 5.41) is 23.2. The Balaban J connectivity index is 3.32. The summed E-state index contributed by atoms with van der Waals surface area (Å²) in [7, 11) is 0. The van der Waals surface area contributed by atoms with E-state index in [1.807, 2.05) is 0 Å². The first-order valence-electron chi connectivity index (χ1n) is 31.8. The average molecular weight is 977 g/mol. The zero-order chi connectivity index (χ0) is 50.0. The molecule has 0 bridgehead atoms. The third-order valence-corrected chi connectivity index (χ3v) is 15.2. The molecule has 0 aliphatic heterocycles. The SMILES string of the molecule is CCCCCCCCCCCCCCCCCCCCC(=O)OCCCCCCCCCCCCCCCCCCCCCCCCCC(=O)NC(CO)C(O)CCCCCCCCCCCCC. The maximum Gasteiger partial charge on any atom is 0.305 e. The van der Waals surface area contributed by atoms with Gasteiger partial charge >= 0.3 is 5.97 Å². The number of esters is 1. The summed E-state index contributed by atoms with van der Waals surface area (Å²) in [6.45, 7) is 4.98. The van der Waals surface area contributed by atoms with Crippen LogP contribution in [0.15, 0.2) is 0 Å². The quantitative estimate of drug-likeness (QED) is 0.0417. The molecule has 3 N–H and O–H groups in total. The molecule has 1 amide bonds. The van der Waals surface area contributed by atoms with E-state index >= 15 is 0 Å². The molecule has 69 heavy (non-hydrogen) atoms. The number of rotatable bonds is 60. The number of unbranched alkanes of at least 4 members (excludes halogenated alkanes) is 49. The van der Waals surface area contributed by atoms with Crippen LogP contribution in [-0.4, -0.2) is 47.4 Å². The van der Waals surface area contributed by atoms with Crippen LogP contribution in [0.2, 0.25) is 0 Å². The van der Waals surface area contributed by atoms with Crippen molar-refractivity contribution in [2.45, 2.75) is 379 Å². The fourth-order valence-electron chi connectivity index (χ4n) is 10.3. The van der Waals surface area contributed by atoms with Crippen LogP contribution in [0, 0.1) is 0 Å². The smallest absolute Gasteiger partial charge is 0.305 e. The maximum absolute atomic E-state index is 12.4. The van der Waals surface area contributed by atoms with Gasteiger partial charge in [-0.25, -0.2) is 0 Å². The topological polar surface area (TPSA) is 95.9 Å². The largest absolute Gasteiger partial charge is 0.466 e. The summed E-state index contributed by atoms with van der Waals surface area (Å²) in [5.74, 6) is -0.0135.